The van der Waals surface area contributed by atoms with Gasteiger partial charge in [-0.2, -0.15) is 0 Å². The Labute approximate surface area is 167 Å². The fourth-order valence-corrected chi connectivity index (χ4v) is 5.40. The number of thiophene rings is 1. The van der Waals surface area contributed by atoms with Crippen LogP contribution >= 0.6 is 23.1 Å². The number of hydrogen-bond donors (Lipinski definition) is 0. The lowest BCUT2D eigenvalue weighted by Crippen LogP contribution is -2.28. The van der Waals surface area contributed by atoms with Crippen LogP contribution in [-0.2, 0) is 24.3 Å². The Morgan fingerprint density at radius 2 is 2.11 bits per heavy atom. The van der Waals surface area contributed by atoms with Gasteiger partial charge < -0.3 is 4.74 Å². The van der Waals surface area contributed by atoms with Crippen LogP contribution in [0.4, 0.5) is 0 Å². The van der Waals surface area contributed by atoms with Crippen molar-refractivity contribution >= 4 is 33.3 Å². The third kappa shape index (κ3) is 3.58. The van der Waals surface area contributed by atoms with E-state index in [0.717, 1.165) is 43.6 Å². The SMILES string of the molecule is CCSc1nc2sc3c(c2c(=O)n1Cc1ccccc1)C[C@H](C(C)C)OC3. The van der Waals surface area contributed by atoms with Gasteiger partial charge in [0.25, 0.3) is 5.56 Å². The second kappa shape index (κ2) is 7.78. The predicted octanol–water partition coefficient (Wildman–Crippen LogP) is 4.72. The van der Waals surface area contributed by atoms with Gasteiger partial charge in [-0.05, 0) is 22.8 Å². The molecule has 0 spiro atoms. The maximum absolute atomic E-state index is 13.5. The molecule has 0 saturated carbocycles. The van der Waals surface area contributed by atoms with Crippen LogP contribution in [-0.4, -0.2) is 21.4 Å². The van der Waals surface area contributed by atoms with Crippen LogP contribution < -0.4 is 5.56 Å². The van der Waals surface area contributed by atoms with Crippen molar-refractivity contribution in [1.29, 1.82) is 0 Å². The number of aromatic nitrogens is 2. The normalized spacial score (nSPS) is 16.8. The lowest BCUT2D eigenvalue weighted by molar-refractivity contribution is 0.00200. The molecule has 0 radical (unpaired) electrons. The van der Waals surface area contributed by atoms with Crippen molar-refractivity contribution in [3.05, 3.63) is 56.7 Å². The van der Waals surface area contributed by atoms with E-state index in [-0.39, 0.29) is 11.7 Å². The number of ether oxygens (including phenoxy) is 1. The largest absolute Gasteiger partial charge is 0.372 e. The molecule has 27 heavy (non-hydrogen) atoms. The zero-order chi connectivity index (χ0) is 19.0. The summed E-state index contributed by atoms with van der Waals surface area (Å²) in [5.41, 5.74) is 2.36. The van der Waals surface area contributed by atoms with Gasteiger partial charge in [-0.25, -0.2) is 4.98 Å². The lowest BCUT2D eigenvalue weighted by Gasteiger charge is -2.26. The monoisotopic (exact) mass is 400 g/mol. The van der Waals surface area contributed by atoms with E-state index in [4.69, 9.17) is 9.72 Å². The van der Waals surface area contributed by atoms with Crippen LogP contribution in [0.1, 0.15) is 36.8 Å². The highest BCUT2D eigenvalue weighted by Crippen LogP contribution is 2.35. The van der Waals surface area contributed by atoms with Crippen molar-refractivity contribution in [1.82, 2.24) is 9.55 Å². The van der Waals surface area contributed by atoms with Crippen molar-refractivity contribution in [2.24, 2.45) is 5.92 Å². The van der Waals surface area contributed by atoms with Crippen molar-refractivity contribution < 1.29 is 4.74 Å². The summed E-state index contributed by atoms with van der Waals surface area (Å²) < 4.78 is 7.85. The van der Waals surface area contributed by atoms with Crippen LogP contribution in [0.2, 0.25) is 0 Å². The Morgan fingerprint density at radius 1 is 1.33 bits per heavy atom. The molecule has 0 aliphatic carbocycles. The second-order valence-electron chi connectivity index (χ2n) is 7.19. The molecule has 0 N–H and O–H groups in total. The summed E-state index contributed by atoms with van der Waals surface area (Å²) >= 11 is 3.25. The highest BCUT2D eigenvalue weighted by molar-refractivity contribution is 7.99. The number of hydrogen-bond acceptors (Lipinski definition) is 5. The first kappa shape index (κ1) is 18.7. The summed E-state index contributed by atoms with van der Waals surface area (Å²) in [4.78, 5) is 20.4. The van der Waals surface area contributed by atoms with Gasteiger partial charge in [-0.15, -0.1) is 11.3 Å². The van der Waals surface area contributed by atoms with E-state index in [9.17, 15) is 4.79 Å². The van der Waals surface area contributed by atoms with Gasteiger partial charge in [0.2, 0.25) is 0 Å². The van der Waals surface area contributed by atoms with E-state index in [1.807, 2.05) is 22.8 Å². The average Bonchev–Trinajstić information content (AvgIpc) is 3.03. The van der Waals surface area contributed by atoms with Gasteiger partial charge in [-0.3, -0.25) is 9.36 Å². The minimum atomic E-state index is 0.0849. The quantitative estimate of drug-likeness (QED) is 0.459. The van der Waals surface area contributed by atoms with Crippen LogP contribution in [0.25, 0.3) is 10.2 Å². The summed E-state index contributed by atoms with van der Waals surface area (Å²) in [7, 11) is 0. The smallest absolute Gasteiger partial charge is 0.263 e. The van der Waals surface area contributed by atoms with Gasteiger partial charge in [0.05, 0.1) is 24.6 Å². The molecule has 6 heteroatoms. The molecule has 1 aliphatic rings. The van der Waals surface area contributed by atoms with E-state index in [2.05, 4.69) is 32.9 Å². The van der Waals surface area contributed by atoms with E-state index in [0.29, 0.717) is 19.1 Å². The molecule has 4 rings (SSSR count). The molecule has 1 atom stereocenters. The predicted molar refractivity (Wildman–Crippen MR) is 113 cm³/mol. The third-order valence-electron chi connectivity index (χ3n) is 4.99. The maximum Gasteiger partial charge on any atom is 0.263 e. The van der Waals surface area contributed by atoms with Gasteiger partial charge in [0, 0.05) is 11.3 Å². The van der Waals surface area contributed by atoms with E-state index in [1.165, 1.54) is 0 Å². The average molecular weight is 401 g/mol. The highest BCUT2D eigenvalue weighted by atomic mass is 32.2. The molecular formula is C21H24N2O2S2. The fourth-order valence-electron chi connectivity index (χ4n) is 3.51. The topological polar surface area (TPSA) is 44.1 Å². The van der Waals surface area contributed by atoms with Gasteiger partial charge in [0.15, 0.2) is 5.16 Å². The second-order valence-corrected chi connectivity index (χ2v) is 9.50. The Hall–Kier alpha value is -1.63. The summed E-state index contributed by atoms with van der Waals surface area (Å²) in [5, 5.41) is 1.61. The Kier molecular flexibility index (Phi) is 5.39. The van der Waals surface area contributed by atoms with Gasteiger partial charge >= 0.3 is 0 Å². The molecule has 1 aliphatic heterocycles. The first-order valence-corrected chi connectivity index (χ1v) is 11.2. The van der Waals surface area contributed by atoms with Crippen molar-refractivity contribution in [3.63, 3.8) is 0 Å². The van der Waals surface area contributed by atoms with Crippen molar-refractivity contribution in [3.8, 4) is 0 Å². The van der Waals surface area contributed by atoms with E-state index < -0.39 is 0 Å². The first-order chi connectivity index (χ1) is 13.1. The Bertz CT molecular complexity index is 1010. The first-order valence-electron chi connectivity index (χ1n) is 9.41. The molecular weight excluding hydrogens is 376 g/mol. The number of benzene rings is 1. The van der Waals surface area contributed by atoms with Gasteiger partial charge in [0.1, 0.15) is 4.83 Å². The standard InChI is InChI=1S/C21H24N2O2S2/c1-4-26-21-22-19-18(15-10-16(13(2)3)25-12-17(15)27-19)20(24)23(21)11-14-8-6-5-7-9-14/h5-9,13,16H,4,10-12H2,1-3H3/t16-/m1/s1. The molecule has 0 bridgehead atoms. The zero-order valence-corrected chi connectivity index (χ0v) is 17.5. The fraction of sp³-hybridized carbons (Fsp3) is 0.429. The Balaban J connectivity index is 1.86. The highest BCUT2D eigenvalue weighted by Gasteiger charge is 2.28. The molecule has 3 heterocycles. The molecule has 3 aromatic rings. The lowest BCUT2D eigenvalue weighted by atomic mass is 9.96. The maximum atomic E-state index is 13.5. The van der Waals surface area contributed by atoms with Crippen molar-refractivity contribution in [2.45, 2.75) is 51.6 Å². The number of thioether (sulfide) groups is 1. The van der Waals surface area contributed by atoms with E-state index in [1.54, 1.807) is 23.1 Å². The van der Waals surface area contributed by atoms with E-state index >= 15 is 0 Å². The zero-order valence-electron chi connectivity index (χ0n) is 15.9. The molecule has 0 saturated heterocycles. The minimum absolute atomic E-state index is 0.0849. The van der Waals surface area contributed by atoms with Crippen LogP contribution in [0, 0.1) is 5.92 Å². The number of fused-ring (bicyclic) bond motifs is 3. The molecule has 4 nitrogen and oxygen atoms in total. The molecule has 2 aromatic heterocycles. The third-order valence-corrected chi connectivity index (χ3v) is 6.95. The summed E-state index contributed by atoms with van der Waals surface area (Å²) in [5.74, 6) is 1.32. The summed E-state index contributed by atoms with van der Waals surface area (Å²) in [6, 6.07) is 10.1. The molecule has 0 fully saturated rings. The molecule has 142 valence electrons. The Morgan fingerprint density at radius 3 is 2.81 bits per heavy atom. The molecule has 1 aromatic carbocycles. The minimum Gasteiger partial charge on any atom is -0.372 e. The van der Waals surface area contributed by atoms with Crippen LogP contribution in [0.5, 0.6) is 0 Å². The van der Waals surface area contributed by atoms with Crippen molar-refractivity contribution in [2.75, 3.05) is 5.75 Å². The molecule has 0 amide bonds. The molecule has 0 unspecified atom stereocenters. The number of rotatable bonds is 5. The summed E-state index contributed by atoms with van der Waals surface area (Å²) in [6.07, 6.45) is 0.970. The summed E-state index contributed by atoms with van der Waals surface area (Å²) in [6.45, 7) is 7.58. The van der Waals surface area contributed by atoms with Gasteiger partial charge in [-0.1, -0.05) is 62.9 Å². The van der Waals surface area contributed by atoms with Crippen LogP contribution in [0.15, 0.2) is 40.3 Å². The van der Waals surface area contributed by atoms with Crippen LogP contribution in [0.3, 0.4) is 0 Å². The number of nitrogens with zero attached hydrogens (tertiary/aromatic N) is 2.